The highest BCUT2D eigenvalue weighted by molar-refractivity contribution is 7.99. The molecule has 1 nitrogen and oxygen atoms in total. The minimum absolute atomic E-state index is 1.13. The van der Waals surface area contributed by atoms with Crippen LogP contribution in [-0.4, -0.2) is 23.9 Å². The van der Waals surface area contributed by atoms with Gasteiger partial charge in [-0.15, -0.1) is 11.8 Å². The molecule has 0 N–H and O–H groups in total. The Morgan fingerprint density at radius 2 is 2.15 bits per heavy atom. The first-order valence-electron chi connectivity index (χ1n) is 4.77. The summed E-state index contributed by atoms with van der Waals surface area (Å²) in [6.45, 7) is 2.56. The summed E-state index contributed by atoms with van der Waals surface area (Å²) < 4.78 is 0. The van der Waals surface area contributed by atoms with Crippen molar-refractivity contribution >= 4 is 11.8 Å². The van der Waals surface area contributed by atoms with Gasteiger partial charge in [0.1, 0.15) is 0 Å². The fourth-order valence-corrected chi connectivity index (χ4v) is 2.45. The molecule has 1 heterocycles. The molecule has 1 radical (unpaired) electrons. The molecule has 1 fully saturated rings. The first kappa shape index (κ1) is 9.10. The molecule has 0 atom stereocenters. The van der Waals surface area contributed by atoms with E-state index in [1.807, 2.05) is 23.9 Å². The Morgan fingerprint density at radius 1 is 1.31 bits per heavy atom. The van der Waals surface area contributed by atoms with Crippen LogP contribution in [0.2, 0.25) is 0 Å². The second-order valence-electron chi connectivity index (χ2n) is 3.33. The topological polar surface area (TPSA) is 3.24 Å². The standard InChI is InChI=1S/C11H14NS/c1-2-6-11(7-3-1)13-10-12-8-4-5-9-12/h1-3,6H,4-5,8-10H2. The van der Waals surface area contributed by atoms with Crippen LogP contribution in [0.15, 0.2) is 29.2 Å². The lowest BCUT2D eigenvalue weighted by Crippen LogP contribution is -2.17. The monoisotopic (exact) mass is 192 g/mol. The summed E-state index contributed by atoms with van der Waals surface area (Å²) >= 11 is 1.89. The molecule has 0 spiro atoms. The Kier molecular flexibility index (Phi) is 3.27. The molecular weight excluding hydrogens is 178 g/mol. The summed E-state index contributed by atoms with van der Waals surface area (Å²) in [6.07, 6.45) is 2.75. The van der Waals surface area contributed by atoms with Crippen LogP contribution in [0, 0.1) is 6.07 Å². The molecule has 2 rings (SSSR count). The van der Waals surface area contributed by atoms with Gasteiger partial charge < -0.3 is 0 Å². The largest absolute Gasteiger partial charge is 0.294 e. The molecule has 13 heavy (non-hydrogen) atoms. The summed E-state index contributed by atoms with van der Waals surface area (Å²) in [6, 6.07) is 11.4. The molecule has 0 aromatic heterocycles. The van der Waals surface area contributed by atoms with Crippen LogP contribution in [0.3, 0.4) is 0 Å². The lowest BCUT2D eigenvalue weighted by Gasteiger charge is -2.13. The zero-order chi connectivity index (χ0) is 8.93. The first-order chi connectivity index (χ1) is 6.45. The maximum atomic E-state index is 3.23. The number of benzene rings is 1. The number of rotatable bonds is 3. The molecule has 0 amide bonds. The van der Waals surface area contributed by atoms with Gasteiger partial charge in [0.2, 0.25) is 0 Å². The van der Waals surface area contributed by atoms with E-state index in [0.717, 1.165) is 5.88 Å². The van der Waals surface area contributed by atoms with Crippen molar-refractivity contribution in [2.75, 3.05) is 19.0 Å². The third-order valence-corrected chi connectivity index (χ3v) is 3.34. The van der Waals surface area contributed by atoms with Gasteiger partial charge in [0, 0.05) is 10.8 Å². The number of nitrogens with zero attached hydrogens (tertiary/aromatic N) is 1. The fourth-order valence-electron chi connectivity index (χ4n) is 1.54. The highest BCUT2D eigenvalue weighted by Gasteiger charge is 2.10. The van der Waals surface area contributed by atoms with Crippen LogP contribution in [0.1, 0.15) is 12.8 Å². The van der Waals surface area contributed by atoms with Gasteiger partial charge in [-0.25, -0.2) is 0 Å². The van der Waals surface area contributed by atoms with Crippen molar-refractivity contribution in [2.24, 2.45) is 0 Å². The van der Waals surface area contributed by atoms with Gasteiger partial charge in [-0.3, -0.25) is 4.90 Å². The van der Waals surface area contributed by atoms with E-state index >= 15 is 0 Å². The van der Waals surface area contributed by atoms with E-state index in [1.165, 1.54) is 30.8 Å². The molecular formula is C11H14NS. The van der Waals surface area contributed by atoms with Crippen LogP contribution in [0.25, 0.3) is 0 Å². The highest BCUT2D eigenvalue weighted by Crippen LogP contribution is 2.19. The number of likely N-dealkylation sites (tertiary alicyclic amines) is 1. The Bertz CT molecular complexity index is 242. The summed E-state index contributed by atoms with van der Waals surface area (Å²) in [5.74, 6) is 1.13. The highest BCUT2D eigenvalue weighted by atomic mass is 32.2. The zero-order valence-corrected chi connectivity index (χ0v) is 8.52. The van der Waals surface area contributed by atoms with E-state index < -0.39 is 0 Å². The van der Waals surface area contributed by atoms with E-state index in [2.05, 4.69) is 23.1 Å². The van der Waals surface area contributed by atoms with Gasteiger partial charge in [-0.2, -0.15) is 0 Å². The van der Waals surface area contributed by atoms with Gasteiger partial charge in [0.25, 0.3) is 0 Å². The van der Waals surface area contributed by atoms with Gasteiger partial charge in [-0.05, 0) is 38.1 Å². The molecule has 1 saturated heterocycles. The average Bonchev–Trinajstić information content (AvgIpc) is 2.69. The Balaban J connectivity index is 1.79. The Labute approximate surface area is 84.1 Å². The molecule has 1 aliphatic rings. The minimum atomic E-state index is 1.13. The zero-order valence-electron chi connectivity index (χ0n) is 7.70. The second-order valence-corrected chi connectivity index (χ2v) is 4.31. The minimum Gasteiger partial charge on any atom is -0.294 e. The third kappa shape index (κ3) is 2.75. The lowest BCUT2D eigenvalue weighted by atomic mass is 10.4. The van der Waals surface area contributed by atoms with E-state index in [9.17, 15) is 0 Å². The van der Waals surface area contributed by atoms with Crippen molar-refractivity contribution in [2.45, 2.75) is 17.7 Å². The van der Waals surface area contributed by atoms with Crippen LogP contribution in [0.4, 0.5) is 0 Å². The molecule has 0 bridgehead atoms. The molecule has 1 aliphatic heterocycles. The average molecular weight is 192 g/mol. The maximum absolute atomic E-state index is 3.23. The molecule has 0 aliphatic carbocycles. The maximum Gasteiger partial charge on any atom is 0.0491 e. The van der Waals surface area contributed by atoms with Crippen LogP contribution in [-0.2, 0) is 0 Å². The van der Waals surface area contributed by atoms with Crippen LogP contribution >= 0.6 is 11.8 Å². The molecule has 1 aromatic rings. The van der Waals surface area contributed by atoms with Crippen molar-refractivity contribution < 1.29 is 0 Å². The summed E-state index contributed by atoms with van der Waals surface area (Å²) in [4.78, 5) is 3.76. The summed E-state index contributed by atoms with van der Waals surface area (Å²) in [7, 11) is 0. The predicted octanol–water partition coefficient (Wildman–Crippen LogP) is 2.63. The van der Waals surface area contributed by atoms with Crippen molar-refractivity contribution in [1.29, 1.82) is 0 Å². The molecule has 69 valence electrons. The van der Waals surface area contributed by atoms with E-state index in [-0.39, 0.29) is 0 Å². The fraction of sp³-hybridized carbons (Fsp3) is 0.455. The molecule has 0 unspecified atom stereocenters. The lowest BCUT2D eigenvalue weighted by molar-refractivity contribution is 0.401. The van der Waals surface area contributed by atoms with E-state index in [4.69, 9.17) is 0 Å². The number of thioether (sulfide) groups is 1. The van der Waals surface area contributed by atoms with Crippen LogP contribution < -0.4 is 0 Å². The molecule has 2 heteroatoms. The second kappa shape index (κ2) is 4.68. The van der Waals surface area contributed by atoms with Gasteiger partial charge in [-0.1, -0.05) is 18.2 Å². The van der Waals surface area contributed by atoms with E-state index in [0.29, 0.717) is 0 Å². The normalized spacial score (nSPS) is 17.8. The van der Waals surface area contributed by atoms with Crippen molar-refractivity contribution in [1.82, 2.24) is 4.90 Å². The summed E-state index contributed by atoms with van der Waals surface area (Å²) in [5, 5.41) is 0. The quantitative estimate of drug-likeness (QED) is 0.677. The van der Waals surface area contributed by atoms with Crippen molar-refractivity contribution in [3.63, 3.8) is 0 Å². The Morgan fingerprint density at radius 3 is 2.85 bits per heavy atom. The first-order valence-corrected chi connectivity index (χ1v) is 5.75. The van der Waals surface area contributed by atoms with Crippen LogP contribution in [0.5, 0.6) is 0 Å². The van der Waals surface area contributed by atoms with Gasteiger partial charge in [0.05, 0.1) is 0 Å². The van der Waals surface area contributed by atoms with Crippen molar-refractivity contribution in [3.05, 3.63) is 30.3 Å². The molecule has 0 saturated carbocycles. The number of hydrogen-bond acceptors (Lipinski definition) is 2. The predicted molar refractivity (Wildman–Crippen MR) is 56.8 cm³/mol. The smallest absolute Gasteiger partial charge is 0.0491 e. The van der Waals surface area contributed by atoms with Gasteiger partial charge in [0.15, 0.2) is 0 Å². The van der Waals surface area contributed by atoms with E-state index in [1.54, 1.807) is 0 Å². The van der Waals surface area contributed by atoms with Gasteiger partial charge >= 0.3 is 0 Å². The number of hydrogen-bond donors (Lipinski definition) is 0. The molecule has 1 aromatic carbocycles. The SMILES string of the molecule is [c]1ccccc1SCN1CCCC1. The van der Waals surface area contributed by atoms with Crippen molar-refractivity contribution in [3.8, 4) is 0 Å². The summed E-state index contributed by atoms with van der Waals surface area (Å²) in [5.41, 5.74) is 0. The third-order valence-electron chi connectivity index (χ3n) is 2.28. The Hall–Kier alpha value is -0.470.